The number of fused-ring (bicyclic) bond motifs is 3. The van der Waals surface area contributed by atoms with Crippen LogP contribution in [0.5, 0.6) is 0 Å². The number of nitrogens with one attached hydrogen (secondary N) is 1. The van der Waals surface area contributed by atoms with Crippen LogP contribution in [-0.2, 0) is 6.42 Å². The van der Waals surface area contributed by atoms with Crippen molar-refractivity contribution in [3.05, 3.63) is 69.3 Å². The number of alkyl halides is 2. The molecular weight excluding hydrogens is 452 g/mol. The first-order chi connectivity index (χ1) is 13.7. The van der Waals surface area contributed by atoms with Gasteiger partial charge in [0.1, 0.15) is 18.2 Å². The van der Waals surface area contributed by atoms with Crippen molar-refractivity contribution < 1.29 is 22.7 Å². The molecule has 1 aromatic heterocycles. The molecule has 0 spiro atoms. The Morgan fingerprint density at radius 3 is 2.66 bits per heavy atom. The molecule has 3 nitrogen and oxygen atoms in total. The molecule has 2 heterocycles. The number of aliphatic hydroxyl groups excluding tert-OH is 1. The van der Waals surface area contributed by atoms with E-state index in [-0.39, 0.29) is 17.1 Å². The number of para-hydroxylation sites is 1. The molecule has 8 heteroatoms. The Kier molecular flexibility index (Phi) is 5.21. The number of hydrogen-bond acceptors (Lipinski definition) is 2. The van der Waals surface area contributed by atoms with E-state index in [1.807, 2.05) is 0 Å². The molecule has 154 valence electrons. The minimum Gasteiger partial charge on any atom is -0.390 e. The molecule has 3 aromatic rings. The van der Waals surface area contributed by atoms with Gasteiger partial charge in [0.2, 0.25) is 0 Å². The van der Waals surface area contributed by atoms with Gasteiger partial charge in [0.15, 0.2) is 0 Å². The van der Waals surface area contributed by atoms with Gasteiger partial charge in [-0.05, 0) is 37.1 Å². The third-order valence-corrected chi connectivity index (χ3v) is 5.99. The third-order valence-electron chi connectivity index (χ3n) is 5.50. The topological polar surface area (TPSA) is 39.3 Å². The predicted octanol–water partition coefficient (Wildman–Crippen LogP) is 5.17. The van der Waals surface area contributed by atoms with Crippen LogP contribution >= 0.6 is 15.9 Å². The van der Waals surface area contributed by atoms with Gasteiger partial charge in [0.25, 0.3) is 5.92 Å². The van der Waals surface area contributed by atoms with E-state index in [0.29, 0.717) is 22.0 Å². The van der Waals surface area contributed by atoms with Gasteiger partial charge in [-0.1, -0.05) is 34.1 Å². The van der Waals surface area contributed by atoms with Crippen LogP contribution in [-0.4, -0.2) is 40.1 Å². The van der Waals surface area contributed by atoms with Crippen LogP contribution in [0.2, 0.25) is 0 Å². The van der Waals surface area contributed by atoms with Gasteiger partial charge in [-0.3, -0.25) is 4.90 Å². The Labute approximate surface area is 173 Å². The predicted molar refractivity (Wildman–Crippen MR) is 106 cm³/mol. The third kappa shape index (κ3) is 3.58. The molecule has 29 heavy (non-hydrogen) atoms. The number of hydrogen-bond donors (Lipinski definition) is 2. The first-order valence-electron chi connectivity index (χ1n) is 9.20. The lowest BCUT2D eigenvalue weighted by Gasteiger charge is -2.42. The van der Waals surface area contributed by atoms with Crippen molar-refractivity contribution in [3.63, 3.8) is 0 Å². The van der Waals surface area contributed by atoms with E-state index in [4.69, 9.17) is 5.11 Å². The number of H-pyrrole nitrogens is 1. The van der Waals surface area contributed by atoms with Crippen LogP contribution in [0.1, 0.15) is 29.8 Å². The van der Waals surface area contributed by atoms with Crippen molar-refractivity contribution in [3.8, 4) is 0 Å². The van der Waals surface area contributed by atoms with Gasteiger partial charge in [-0.2, -0.15) is 0 Å². The zero-order valence-electron chi connectivity index (χ0n) is 15.5. The molecule has 0 fully saturated rings. The summed E-state index contributed by atoms with van der Waals surface area (Å²) in [7, 11) is 0. The maximum atomic E-state index is 14.9. The van der Waals surface area contributed by atoms with Gasteiger partial charge in [0, 0.05) is 27.2 Å². The molecule has 0 saturated heterocycles. The molecule has 0 radical (unpaired) electrons. The number of aromatic amines is 1. The Bertz CT molecular complexity index is 1070. The summed E-state index contributed by atoms with van der Waals surface area (Å²) in [4.78, 5) is 4.50. The lowest BCUT2D eigenvalue weighted by atomic mass is 9.88. The molecule has 0 amide bonds. The van der Waals surface area contributed by atoms with Crippen LogP contribution in [0.3, 0.4) is 0 Å². The average molecular weight is 471 g/mol. The van der Waals surface area contributed by atoms with E-state index in [2.05, 4.69) is 20.9 Å². The molecular formula is C21H19BrF4N2O. The summed E-state index contributed by atoms with van der Waals surface area (Å²) in [5.41, 5.74) is 1.78. The SMILES string of the molecule is CC1Cc2c([nH]c3c(F)cccc23)C(c2ccc(Br)cc2F)N1CC(F)(F)CO. The van der Waals surface area contributed by atoms with Crippen LogP contribution in [0.15, 0.2) is 40.9 Å². The quantitative estimate of drug-likeness (QED) is 0.516. The molecule has 0 saturated carbocycles. The lowest BCUT2D eigenvalue weighted by Crippen LogP contribution is -2.49. The number of nitrogens with zero attached hydrogens (tertiary/aromatic N) is 1. The molecule has 0 aliphatic carbocycles. The minimum atomic E-state index is -3.35. The largest absolute Gasteiger partial charge is 0.390 e. The van der Waals surface area contributed by atoms with Crippen LogP contribution in [0.25, 0.3) is 10.9 Å². The highest BCUT2D eigenvalue weighted by Crippen LogP contribution is 2.43. The normalized spacial score (nSPS) is 20.2. The van der Waals surface area contributed by atoms with Crippen molar-refractivity contribution in [2.75, 3.05) is 13.2 Å². The van der Waals surface area contributed by atoms with Crippen molar-refractivity contribution in [2.24, 2.45) is 0 Å². The Morgan fingerprint density at radius 1 is 1.21 bits per heavy atom. The Balaban J connectivity index is 1.94. The number of halogens is 5. The zero-order chi connectivity index (χ0) is 20.9. The average Bonchev–Trinajstić information content (AvgIpc) is 3.03. The van der Waals surface area contributed by atoms with Crippen LogP contribution < -0.4 is 0 Å². The second kappa shape index (κ2) is 7.41. The molecule has 0 bridgehead atoms. The summed E-state index contributed by atoms with van der Waals surface area (Å²) in [6, 6.07) is 7.90. The summed E-state index contributed by atoms with van der Waals surface area (Å²) >= 11 is 3.21. The van der Waals surface area contributed by atoms with Crippen molar-refractivity contribution in [1.29, 1.82) is 0 Å². The van der Waals surface area contributed by atoms with Crippen LogP contribution in [0.4, 0.5) is 17.6 Å². The fraction of sp³-hybridized carbons (Fsp3) is 0.333. The van der Waals surface area contributed by atoms with Crippen molar-refractivity contribution in [1.82, 2.24) is 9.88 Å². The molecule has 2 N–H and O–H groups in total. The number of aromatic nitrogens is 1. The standard InChI is InChI=1S/C21H19BrF4N2O/c1-11-7-15-13-3-2-4-16(23)18(13)27-19(15)20(28(11)9-21(25,26)10-29)14-6-5-12(22)8-17(14)24/h2-6,8,11,20,27,29H,7,9-10H2,1H3. The first-order valence-corrected chi connectivity index (χ1v) is 9.99. The van der Waals surface area contributed by atoms with E-state index in [9.17, 15) is 17.6 Å². The summed E-state index contributed by atoms with van der Waals surface area (Å²) in [6.45, 7) is -0.277. The van der Waals surface area contributed by atoms with E-state index in [1.54, 1.807) is 25.1 Å². The van der Waals surface area contributed by atoms with Crippen molar-refractivity contribution in [2.45, 2.75) is 31.4 Å². The highest BCUT2D eigenvalue weighted by Gasteiger charge is 2.42. The lowest BCUT2D eigenvalue weighted by molar-refractivity contribution is -0.0866. The summed E-state index contributed by atoms with van der Waals surface area (Å²) in [5, 5.41) is 9.76. The Morgan fingerprint density at radius 2 is 1.97 bits per heavy atom. The summed E-state index contributed by atoms with van der Waals surface area (Å²) in [6.07, 6.45) is 0.398. The monoisotopic (exact) mass is 470 g/mol. The summed E-state index contributed by atoms with van der Waals surface area (Å²) < 4.78 is 58.1. The van der Waals surface area contributed by atoms with Gasteiger partial charge in [-0.25, -0.2) is 17.6 Å². The maximum absolute atomic E-state index is 14.9. The molecule has 2 unspecified atom stereocenters. The fourth-order valence-electron chi connectivity index (χ4n) is 4.17. The van der Waals surface area contributed by atoms with Gasteiger partial charge >= 0.3 is 0 Å². The van der Waals surface area contributed by atoms with E-state index in [1.165, 1.54) is 23.1 Å². The minimum absolute atomic E-state index is 0.210. The van der Waals surface area contributed by atoms with E-state index < -0.39 is 36.8 Å². The Hall–Kier alpha value is -1.90. The molecule has 2 atom stereocenters. The molecule has 2 aromatic carbocycles. The molecule has 1 aliphatic heterocycles. The number of benzene rings is 2. The highest BCUT2D eigenvalue weighted by atomic mass is 79.9. The first kappa shape index (κ1) is 20.4. The van der Waals surface area contributed by atoms with E-state index in [0.717, 1.165) is 5.56 Å². The van der Waals surface area contributed by atoms with Gasteiger partial charge in [-0.15, -0.1) is 0 Å². The highest BCUT2D eigenvalue weighted by molar-refractivity contribution is 9.10. The fourth-order valence-corrected chi connectivity index (χ4v) is 4.50. The number of rotatable bonds is 4. The van der Waals surface area contributed by atoms with Gasteiger partial charge in [0.05, 0.1) is 18.1 Å². The van der Waals surface area contributed by atoms with Gasteiger partial charge < -0.3 is 10.1 Å². The van der Waals surface area contributed by atoms with Crippen LogP contribution in [0, 0.1) is 11.6 Å². The second-order valence-corrected chi connectivity index (χ2v) is 8.40. The van der Waals surface area contributed by atoms with Crippen molar-refractivity contribution >= 4 is 26.8 Å². The second-order valence-electron chi connectivity index (χ2n) is 7.49. The summed E-state index contributed by atoms with van der Waals surface area (Å²) in [5.74, 6) is -4.36. The smallest absolute Gasteiger partial charge is 0.283 e. The zero-order valence-corrected chi connectivity index (χ0v) is 17.1. The van der Waals surface area contributed by atoms with E-state index >= 15 is 0 Å². The maximum Gasteiger partial charge on any atom is 0.283 e. The number of aliphatic hydroxyl groups is 1. The molecule has 4 rings (SSSR count). The molecule has 1 aliphatic rings.